The van der Waals surface area contributed by atoms with Gasteiger partial charge < -0.3 is 5.11 Å². The summed E-state index contributed by atoms with van der Waals surface area (Å²) < 4.78 is 130. The van der Waals surface area contributed by atoms with E-state index in [9.17, 15) is 40.3 Å². The van der Waals surface area contributed by atoms with Crippen molar-refractivity contribution in [1.82, 2.24) is 24.5 Å². The Labute approximate surface area is 329 Å². The number of aromatic nitrogens is 5. The number of hydrogen-bond acceptors (Lipinski definition) is 7. The summed E-state index contributed by atoms with van der Waals surface area (Å²) in [5.74, 6) is -4.70. The van der Waals surface area contributed by atoms with E-state index >= 15 is 8.78 Å². The van der Waals surface area contributed by atoms with Crippen LogP contribution in [-0.4, -0.2) is 55.2 Å². The number of para-hydroxylation sites is 1. The van der Waals surface area contributed by atoms with Crippen LogP contribution in [-0.2, 0) is 52.5 Å². The highest BCUT2D eigenvalue weighted by molar-refractivity contribution is 7.90. The summed E-state index contributed by atoms with van der Waals surface area (Å²) in [7, 11) is -1.91. The number of aryl methyl sites for hydroxylation is 1. The van der Waals surface area contributed by atoms with E-state index in [0.717, 1.165) is 12.1 Å². The van der Waals surface area contributed by atoms with Crippen molar-refractivity contribution in [3.8, 4) is 23.0 Å². The first-order valence-corrected chi connectivity index (χ1v) is 20.3. The van der Waals surface area contributed by atoms with Gasteiger partial charge in [-0.2, -0.15) is 32.1 Å². The van der Waals surface area contributed by atoms with Gasteiger partial charge in [0.1, 0.15) is 35.2 Å². The second-order valence-electron chi connectivity index (χ2n) is 15.6. The lowest BCUT2D eigenvalue weighted by molar-refractivity contribution is -0.142. The highest BCUT2D eigenvalue weighted by atomic mass is 32.2. The zero-order chi connectivity index (χ0) is 42.1. The van der Waals surface area contributed by atoms with Crippen molar-refractivity contribution >= 4 is 26.5 Å². The van der Waals surface area contributed by atoms with E-state index in [1.54, 1.807) is 44.3 Å². The van der Waals surface area contributed by atoms with E-state index in [1.165, 1.54) is 18.5 Å². The van der Waals surface area contributed by atoms with E-state index in [0.29, 0.717) is 39.2 Å². The average molecular weight is 830 g/mol. The minimum absolute atomic E-state index is 0.0555. The third-order valence-electron chi connectivity index (χ3n) is 10.3. The number of fused-ring (bicyclic) bond motifs is 4. The number of pyridine rings is 1. The van der Waals surface area contributed by atoms with Crippen LogP contribution in [0.1, 0.15) is 91.5 Å². The number of benzene rings is 2. The van der Waals surface area contributed by atoms with Crippen LogP contribution in [0.5, 0.6) is 0 Å². The molecule has 2 aliphatic carbocycles. The van der Waals surface area contributed by atoms with Gasteiger partial charge in [0.25, 0.3) is 5.92 Å². The van der Waals surface area contributed by atoms with Crippen LogP contribution in [0.2, 0.25) is 0 Å². The predicted octanol–water partition coefficient (Wildman–Crippen LogP) is 7.77. The maximum atomic E-state index is 15.4. The Balaban J connectivity index is 1.37. The third-order valence-corrected chi connectivity index (χ3v) is 12.1. The zero-order valence-electron chi connectivity index (χ0n) is 31.8. The van der Waals surface area contributed by atoms with Crippen LogP contribution in [0.15, 0.2) is 48.5 Å². The normalized spacial score (nSPS) is 17.8. The minimum Gasteiger partial charge on any atom is -0.378 e. The first-order valence-electron chi connectivity index (χ1n) is 18.5. The highest BCUT2D eigenvalue weighted by Gasteiger charge is 2.68. The van der Waals surface area contributed by atoms with Crippen molar-refractivity contribution in [3.63, 3.8) is 0 Å². The zero-order valence-corrected chi connectivity index (χ0v) is 32.6. The molecule has 17 heteroatoms. The van der Waals surface area contributed by atoms with Gasteiger partial charge in [-0.15, -0.1) is 0 Å². The molecule has 2 aromatic carbocycles. The van der Waals surface area contributed by atoms with Crippen LogP contribution in [0.4, 0.5) is 30.7 Å². The summed E-state index contributed by atoms with van der Waals surface area (Å²) in [6, 6.07) is 11.0. The van der Waals surface area contributed by atoms with Crippen LogP contribution >= 0.6 is 0 Å². The fourth-order valence-corrected chi connectivity index (χ4v) is 9.40. The molecule has 3 aromatic heterocycles. The monoisotopic (exact) mass is 829 g/mol. The molecule has 1 saturated carbocycles. The molecule has 9 nitrogen and oxygen atoms in total. The van der Waals surface area contributed by atoms with Gasteiger partial charge in [0.2, 0.25) is 0 Å². The number of ketones is 1. The Bertz CT molecular complexity index is 2610. The molecule has 0 unspecified atom stereocenters. The molecule has 0 amide bonds. The summed E-state index contributed by atoms with van der Waals surface area (Å²) in [5.41, 5.74) is -2.50. The number of nitrogens with zero attached hydrogens (tertiary/aromatic N) is 5. The van der Waals surface area contributed by atoms with Gasteiger partial charge in [-0.25, -0.2) is 22.2 Å². The minimum atomic E-state index is -5.05. The Hall–Kier alpha value is -5.08. The van der Waals surface area contributed by atoms with Gasteiger partial charge in [-0.3, -0.25) is 14.2 Å². The second kappa shape index (κ2) is 14.6. The Morgan fingerprint density at radius 2 is 1.76 bits per heavy atom. The number of hydrogen-bond donors (Lipinski definition) is 1. The topological polar surface area (TPSA) is 120 Å². The van der Waals surface area contributed by atoms with E-state index < -0.39 is 92.6 Å². The standard InChI is InChI=1S/C41H38F7N5O4S/c1-5-13-58(56,57)21-33-30-8-6-7-29(36(30)52(4)50-33)28-10-9-26(11-12-39(2,3)55)49-35(28)23(14-22-15-24(42)18-25(43)16-22)17-27(54)20-53-38-34(37(51-53)41(46,47)48)31-19-32(31)40(38,44)45/h6-10,15-16,18,23,31-32,55H,5,13-14,17,19-21H2,1-4H3/t23-,31+,32-/m1/s1. The van der Waals surface area contributed by atoms with Crippen LogP contribution < -0.4 is 0 Å². The van der Waals surface area contributed by atoms with Gasteiger partial charge in [0, 0.05) is 53.4 Å². The molecule has 1 fully saturated rings. The number of carbonyl (C=O) groups is 1. The number of carbonyl (C=O) groups excluding carboxylic acids is 1. The smallest absolute Gasteiger partial charge is 0.378 e. The maximum Gasteiger partial charge on any atom is 0.435 e. The summed E-state index contributed by atoms with van der Waals surface area (Å²) in [4.78, 5) is 18.8. The maximum absolute atomic E-state index is 15.4. The molecule has 0 radical (unpaired) electrons. The lowest BCUT2D eigenvalue weighted by atomic mass is 9.86. The molecule has 0 spiro atoms. The summed E-state index contributed by atoms with van der Waals surface area (Å²) in [5, 5.41) is 18.9. The first kappa shape index (κ1) is 41.1. The van der Waals surface area contributed by atoms with Gasteiger partial charge in [0.15, 0.2) is 21.3 Å². The Morgan fingerprint density at radius 3 is 2.41 bits per heavy atom. The van der Waals surface area contributed by atoms with Crippen molar-refractivity contribution in [2.45, 2.75) is 88.3 Å². The number of sulfone groups is 1. The van der Waals surface area contributed by atoms with Gasteiger partial charge in [-0.1, -0.05) is 31.0 Å². The molecule has 3 heterocycles. The molecule has 306 valence electrons. The Kier molecular flexibility index (Phi) is 10.4. The van der Waals surface area contributed by atoms with Crippen molar-refractivity contribution < 1.29 is 49.1 Å². The lowest BCUT2D eigenvalue weighted by Gasteiger charge is -2.21. The molecule has 2 aliphatic rings. The molecule has 0 aliphatic heterocycles. The lowest BCUT2D eigenvalue weighted by Crippen LogP contribution is -2.24. The number of rotatable bonds is 12. The molecule has 0 saturated heterocycles. The molecule has 3 atom stereocenters. The van der Waals surface area contributed by atoms with Gasteiger partial charge in [-0.05, 0) is 74.8 Å². The summed E-state index contributed by atoms with van der Waals surface area (Å²) in [6.45, 7) is 3.68. The van der Waals surface area contributed by atoms with Crippen molar-refractivity contribution in [2.75, 3.05) is 5.75 Å². The van der Waals surface area contributed by atoms with Crippen LogP contribution in [0, 0.1) is 29.4 Å². The number of aliphatic hydroxyl groups is 1. The fourth-order valence-electron chi connectivity index (χ4n) is 8.00. The largest absolute Gasteiger partial charge is 0.435 e. The number of alkyl halides is 5. The molecule has 58 heavy (non-hydrogen) atoms. The second-order valence-corrected chi connectivity index (χ2v) is 17.7. The SMILES string of the molecule is CCCS(=O)(=O)Cc1nn(C)c2c(-c3ccc(C#CC(C)(C)O)nc3[C@@H](CC(=O)Cn3nc(C(F)(F)F)c4c3C(F)(F)[C@@H]3C[C@H]43)Cc3cc(F)cc(F)c3)cccc12. The van der Waals surface area contributed by atoms with Gasteiger partial charge >= 0.3 is 6.18 Å². The molecular weight excluding hydrogens is 792 g/mol. The van der Waals surface area contributed by atoms with E-state index in [1.807, 2.05) is 0 Å². The van der Waals surface area contributed by atoms with E-state index in [4.69, 9.17) is 4.98 Å². The highest BCUT2D eigenvalue weighted by Crippen LogP contribution is 2.68. The van der Waals surface area contributed by atoms with Crippen molar-refractivity contribution in [2.24, 2.45) is 13.0 Å². The van der Waals surface area contributed by atoms with E-state index in [2.05, 4.69) is 22.0 Å². The molecule has 1 N–H and O–H groups in total. The number of halogens is 7. The third kappa shape index (κ3) is 8.13. The molecular formula is C41H38F7N5O4S. The molecule has 5 aromatic rings. The first-order chi connectivity index (χ1) is 27.1. The van der Waals surface area contributed by atoms with Crippen molar-refractivity contribution in [3.05, 3.63) is 99.8 Å². The number of Topliss-reactive ketones (excluding diaryl/α,β-unsaturated/α-hetero) is 1. The van der Waals surface area contributed by atoms with E-state index in [-0.39, 0.29) is 47.0 Å². The van der Waals surface area contributed by atoms with Gasteiger partial charge in [0.05, 0.1) is 28.4 Å². The summed E-state index contributed by atoms with van der Waals surface area (Å²) in [6.07, 6.45) is -5.59. The average Bonchev–Trinajstić information content (AvgIpc) is 3.65. The summed E-state index contributed by atoms with van der Waals surface area (Å²) >= 11 is 0. The van der Waals surface area contributed by atoms with Crippen LogP contribution in [0.3, 0.4) is 0 Å². The quantitative estimate of drug-likeness (QED) is 0.101. The predicted molar refractivity (Wildman–Crippen MR) is 199 cm³/mol. The molecule has 0 bridgehead atoms. The molecule has 7 rings (SSSR count). The van der Waals surface area contributed by atoms with Crippen molar-refractivity contribution in [1.29, 1.82) is 0 Å². The Morgan fingerprint density at radius 1 is 1.05 bits per heavy atom. The fraction of sp³-hybridized carbons (Fsp3) is 0.415. The van der Waals surface area contributed by atoms with Crippen LogP contribution in [0.25, 0.3) is 22.0 Å².